The van der Waals surface area contributed by atoms with Gasteiger partial charge in [-0.05, 0) is 42.2 Å². The van der Waals surface area contributed by atoms with Crippen LogP contribution in [-0.4, -0.2) is 35.6 Å². The van der Waals surface area contributed by atoms with Gasteiger partial charge in [-0.2, -0.15) is 0 Å². The Morgan fingerprint density at radius 2 is 2.00 bits per heavy atom. The zero-order valence-corrected chi connectivity index (χ0v) is 13.8. The molecule has 5 heteroatoms. The molecule has 1 aliphatic rings. The quantitative estimate of drug-likeness (QED) is 0.900. The van der Waals surface area contributed by atoms with Gasteiger partial charge in [0.1, 0.15) is 11.6 Å². The van der Waals surface area contributed by atoms with E-state index in [9.17, 15) is 18.7 Å². The Bertz CT molecular complexity index is 548. The summed E-state index contributed by atoms with van der Waals surface area (Å²) >= 11 is 0. The van der Waals surface area contributed by atoms with E-state index >= 15 is 0 Å². The maximum atomic E-state index is 13.8. The lowest BCUT2D eigenvalue weighted by Crippen LogP contribution is -2.44. The number of benzene rings is 1. The molecular weight excluding hydrogens is 300 g/mol. The lowest BCUT2D eigenvalue weighted by Gasteiger charge is -2.40. The van der Waals surface area contributed by atoms with Crippen LogP contribution in [0.3, 0.4) is 0 Å². The first-order valence-corrected chi connectivity index (χ1v) is 8.24. The molecule has 1 saturated heterocycles. The second-order valence-corrected chi connectivity index (χ2v) is 6.66. The first-order valence-electron chi connectivity index (χ1n) is 8.24. The fourth-order valence-corrected chi connectivity index (χ4v) is 3.26. The Morgan fingerprint density at radius 3 is 2.52 bits per heavy atom. The molecule has 0 aliphatic carbocycles. The van der Waals surface area contributed by atoms with Crippen molar-refractivity contribution in [2.45, 2.75) is 45.4 Å². The van der Waals surface area contributed by atoms with Crippen LogP contribution >= 0.6 is 0 Å². The minimum Gasteiger partial charge on any atom is -0.396 e. The highest BCUT2D eigenvalue weighted by atomic mass is 19.1. The lowest BCUT2D eigenvalue weighted by atomic mass is 9.77. The zero-order valence-electron chi connectivity index (χ0n) is 13.8. The lowest BCUT2D eigenvalue weighted by molar-refractivity contribution is -0.134. The van der Waals surface area contributed by atoms with Crippen molar-refractivity contribution >= 4 is 5.91 Å². The molecule has 0 saturated carbocycles. The minimum absolute atomic E-state index is 0.0103. The van der Waals surface area contributed by atoms with Gasteiger partial charge in [-0.3, -0.25) is 4.79 Å². The van der Waals surface area contributed by atoms with Gasteiger partial charge in [0, 0.05) is 32.2 Å². The van der Waals surface area contributed by atoms with Crippen molar-refractivity contribution in [2.24, 2.45) is 5.41 Å². The molecule has 1 aromatic carbocycles. The van der Waals surface area contributed by atoms with Gasteiger partial charge in [-0.25, -0.2) is 8.78 Å². The third kappa shape index (κ3) is 4.08. The van der Waals surface area contributed by atoms with Crippen molar-refractivity contribution in [3.8, 4) is 0 Å². The molecule has 1 unspecified atom stereocenters. The van der Waals surface area contributed by atoms with Gasteiger partial charge in [0.15, 0.2) is 0 Å². The molecule has 0 bridgehead atoms. The van der Waals surface area contributed by atoms with E-state index in [1.54, 1.807) is 11.8 Å². The smallest absolute Gasteiger partial charge is 0.223 e. The van der Waals surface area contributed by atoms with Crippen LogP contribution in [0.1, 0.15) is 51.0 Å². The molecule has 23 heavy (non-hydrogen) atoms. The normalized spacial score (nSPS) is 18.7. The summed E-state index contributed by atoms with van der Waals surface area (Å²) in [6.07, 6.45) is 2.71. The molecule has 1 amide bonds. The maximum absolute atomic E-state index is 13.8. The fraction of sp³-hybridized carbons (Fsp3) is 0.611. The number of halogens is 2. The number of hydrogen-bond acceptors (Lipinski definition) is 2. The summed E-state index contributed by atoms with van der Waals surface area (Å²) in [6, 6.07) is 3.48. The SMILES string of the molecule is CCC1(CO)CCN(C(=O)CC(C)c2ccc(F)cc2F)CC1. The molecular formula is C18H25F2NO2. The second kappa shape index (κ2) is 7.39. The molecule has 3 nitrogen and oxygen atoms in total. The Morgan fingerprint density at radius 1 is 1.35 bits per heavy atom. The van der Waals surface area contributed by atoms with Gasteiger partial charge in [0.05, 0.1) is 0 Å². The van der Waals surface area contributed by atoms with Gasteiger partial charge in [-0.1, -0.05) is 19.9 Å². The predicted octanol–water partition coefficient (Wildman–Crippen LogP) is 3.47. The standard InChI is InChI=1S/C18H25F2NO2/c1-3-18(12-22)6-8-21(9-7-18)17(23)10-13(2)15-5-4-14(19)11-16(15)20/h4-5,11,13,22H,3,6-10,12H2,1-2H3. The molecule has 0 spiro atoms. The van der Waals surface area contributed by atoms with Crippen molar-refractivity contribution < 1.29 is 18.7 Å². The number of amides is 1. The summed E-state index contributed by atoms with van der Waals surface area (Å²) < 4.78 is 26.8. The van der Waals surface area contributed by atoms with E-state index in [1.165, 1.54) is 12.1 Å². The topological polar surface area (TPSA) is 40.5 Å². The van der Waals surface area contributed by atoms with Gasteiger partial charge >= 0.3 is 0 Å². The van der Waals surface area contributed by atoms with E-state index in [4.69, 9.17) is 0 Å². The first kappa shape index (κ1) is 17.9. The third-order valence-corrected chi connectivity index (χ3v) is 5.24. The van der Waals surface area contributed by atoms with Gasteiger partial charge in [-0.15, -0.1) is 0 Å². The summed E-state index contributed by atoms with van der Waals surface area (Å²) in [4.78, 5) is 14.2. The molecule has 1 aliphatic heterocycles. The number of rotatable bonds is 5. The summed E-state index contributed by atoms with van der Waals surface area (Å²) in [7, 11) is 0. The maximum Gasteiger partial charge on any atom is 0.223 e. The van der Waals surface area contributed by atoms with Crippen LogP contribution in [0, 0.1) is 17.0 Å². The van der Waals surface area contributed by atoms with Gasteiger partial charge in [0.25, 0.3) is 0 Å². The van der Waals surface area contributed by atoms with Crippen LogP contribution in [0.15, 0.2) is 18.2 Å². The molecule has 128 valence electrons. The Balaban J connectivity index is 1.95. The van der Waals surface area contributed by atoms with E-state index in [0.717, 1.165) is 25.3 Å². The molecule has 0 radical (unpaired) electrons. The highest BCUT2D eigenvalue weighted by Crippen LogP contribution is 2.35. The first-order chi connectivity index (χ1) is 10.9. The van der Waals surface area contributed by atoms with E-state index in [2.05, 4.69) is 6.92 Å². The molecule has 1 fully saturated rings. The largest absolute Gasteiger partial charge is 0.396 e. The summed E-state index contributed by atoms with van der Waals surface area (Å²) in [5.74, 6) is -1.52. The number of likely N-dealkylation sites (tertiary alicyclic amines) is 1. The third-order valence-electron chi connectivity index (χ3n) is 5.24. The Hall–Kier alpha value is -1.49. The predicted molar refractivity (Wildman–Crippen MR) is 85.0 cm³/mol. The second-order valence-electron chi connectivity index (χ2n) is 6.66. The number of aliphatic hydroxyl groups excluding tert-OH is 1. The number of nitrogens with zero attached hydrogens (tertiary/aromatic N) is 1. The summed E-state index contributed by atoms with van der Waals surface area (Å²) in [6.45, 7) is 5.26. The van der Waals surface area contributed by atoms with Crippen molar-refractivity contribution in [1.29, 1.82) is 0 Å². The van der Waals surface area contributed by atoms with E-state index in [-0.39, 0.29) is 30.3 Å². The average molecular weight is 325 g/mol. The van der Waals surface area contributed by atoms with Crippen LogP contribution in [0.5, 0.6) is 0 Å². The molecule has 1 N–H and O–H groups in total. The van der Waals surface area contributed by atoms with E-state index < -0.39 is 11.6 Å². The van der Waals surface area contributed by atoms with Crippen molar-refractivity contribution in [1.82, 2.24) is 4.90 Å². The Kier molecular flexibility index (Phi) is 5.74. The highest BCUT2D eigenvalue weighted by molar-refractivity contribution is 5.77. The van der Waals surface area contributed by atoms with Crippen LogP contribution < -0.4 is 0 Å². The van der Waals surface area contributed by atoms with Crippen molar-refractivity contribution in [2.75, 3.05) is 19.7 Å². The van der Waals surface area contributed by atoms with Gasteiger partial charge < -0.3 is 10.0 Å². The number of aliphatic hydroxyl groups is 1. The molecule has 0 aromatic heterocycles. The van der Waals surface area contributed by atoms with Crippen LogP contribution in [0.25, 0.3) is 0 Å². The number of piperidine rings is 1. The van der Waals surface area contributed by atoms with E-state index in [0.29, 0.717) is 18.7 Å². The Labute approximate surface area is 136 Å². The number of carbonyl (C=O) groups excluding carboxylic acids is 1. The van der Waals surface area contributed by atoms with Crippen LogP contribution in [0.2, 0.25) is 0 Å². The van der Waals surface area contributed by atoms with Crippen molar-refractivity contribution in [3.63, 3.8) is 0 Å². The number of hydrogen-bond donors (Lipinski definition) is 1. The molecule has 1 atom stereocenters. The van der Waals surface area contributed by atoms with Crippen LogP contribution in [-0.2, 0) is 4.79 Å². The van der Waals surface area contributed by atoms with Gasteiger partial charge in [0.2, 0.25) is 5.91 Å². The summed E-state index contributed by atoms with van der Waals surface area (Å²) in [5.41, 5.74) is 0.306. The number of carbonyl (C=O) groups is 1. The fourth-order valence-electron chi connectivity index (χ4n) is 3.26. The highest BCUT2D eigenvalue weighted by Gasteiger charge is 2.34. The monoisotopic (exact) mass is 325 g/mol. The van der Waals surface area contributed by atoms with Crippen molar-refractivity contribution in [3.05, 3.63) is 35.4 Å². The molecule has 2 rings (SSSR count). The molecule has 1 heterocycles. The minimum atomic E-state index is -0.610. The molecule has 1 aromatic rings. The summed E-state index contributed by atoms with van der Waals surface area (Å²) in [5, 5.41) is 9.54. The van der Waals surface area contributed by atoms with E-state index in [1.807, 2.05) is 0 Å². The average Bonchev–Trinajstić information content (AvgIpc) is 2.54. The van der Waals surface area contributed by atoms with Crippen LogP contribution in [0.4, 0.5) is 8.78 Å². The zero-order chi connectivity index (χ0) is 17.0.